The lowest BCUT2D eigenvalue weighted by Gasteiger charge is -2.24. The van der Waals surface area contributed by atoms with Crippen molar-refractivity contribution in [2.24, 2.45) is 5.92 Å². The molecular weight excluding hydrogens is 391 g/mol. The van der Waals surface area contributed by atoms with Crippen LogP contribution < -0.4 is 5.32 Å². The minimum atomic E-state index is 0.00894. The number of amides is 1. The topological polar surface area (TPSA) is 34.0 Å². The van der Waals surface area contributed by atoms with Crippen molar-refractivity contribution in [2.75, 3.05) is 6.54 Å². The Morgan fingerprint density at radius 2 is 1.89 bits per heavy atom. The van der Waals surface area contributed by atoms with Crippen molar-refractivity contribution in [2.45, 2.75) is 65.3 Å². The highest BCUT2D eigenvalue weighted by Crippen LogP contribution is 2.34. The monoisotopic (exact) mass is 420 g/mol. The lowest BCUT2D eigenvalue weighted by atomic mass is 9.89. The van der Waals surface area contributed by atoms with Crippen LogP contribution in [0.1, 0.15) is 67.9 Å². The van der Waals surface area contributed by atoms with Gasteiger partial charge in [-0.1, -0.05) is 61.9 Å². The Morgan fingerprint density at radius 1 is 1.14 bits per heavy atom. The van der Waals surface area contributed by atoms with Crippen LogP contribution in [0.4, 0.5) is 0 Å². The highest BCUT2D eigenvalue weighted by atomic mass is 35.5. The summed E-state index contributed by atoms with van der Waals surface area (Å²) >= 11 is 12.4. The van der Waals surface area contributed by atoms with Crippen LogP contribution in [0.25, 0.3) is 11.3 Å². The van der Waals surface area contributed by atoms with Gasteiger partial charge in [0.15, 0.2) is 0 Å². The highest BCUT2D eigenvalue weighted by molar-refractivity contribution is 6.42. The maximum Gasteiger partial charge on any atom is 0.253 e. The molecule has 1 fully saturated rings. The van der Waals surface area contributed by atoms with Gasteiger partial charge in [0.1, 0.15) is 0 Å². The number of nitrogens with zero attached hydrogens (tertiary/aromatic N) is 1. The first-order chi connectivity index (χ1) is 13.5. The van der Waals surface area contributed by atoms with E-state index in [2.05, 4.69) is 23.7 Å². The SMILES string of the molecule is CCCCNC(=O)c1cc(-c2ccc(Cl)c(Cl)c2)n(CC2CCCCC2)c1C. The van der Waals surface area contributed by atoms with Crippen LogP contribution in [0.5, 0.6) is 0 Å². The zero-order valence-corrected chi connectivity index (χ0v) is 18.4. The number of benzene rings is 1. The molecule has 1 saturated carbocycles. The number of carbonyl (C=O) groups excluding carboxylic acids is 1. The van der Waals surface area contributed by atoms with Crippen LogP contribution in [-0.4, -0.2) is 17.0 Å². The van der Waals surface area contributed by atoms with Crippen molar-refractivity contribution in [3.05, 3.63) is 45.6 Å². The molecule has 1 aromatic carbocycles. The summed E-state index contributed by atoms with van der Waals surface area (Å²) in [6, 6.07) is 7.72. The van der Waals surface area contributed by atoms with Gasteiger partial charge in [0.2, 0.25) is 0 Å². The molecule has 2 aromatic rings. The van der Waals surface area contributed by atoms with Crippen molar-refractivity contribution >= 4 is 29.1 Å². The molecule has 1 amide bonds. The van der Waals surface area contributed by atoms with E-state index >= 15 is 0 Å². The zero-order chi connectivity index (χ0) is 20.1. The van der Waals surface area contributed by atoms with Gasteiger partial charge in [0, 0.05) is 24.5 Å². The summed E-state index contributed by atoms with van der Waals surface area (Å²) in [4.78, 5) is 12.8. The molecule has 0 atom stereocenters. The molecule has 0 unspecified atom stereocenters. The van der Waals surface area contributed by atoms with Gasteiger partial charge in [0.25, 0.3) is 5.91 Å². The molecule has 0 radical (unpaired) electrons. The lowest BCUT2D eigenvalue weighted by molar-refractivity contribution is 0.0952. The number of halogens is 2. The highest BCUT2D eigenvalue weighted by Gasteiger charge is 2.22. The standard InChI is InChI=1S/C23H30Cl2N2O/c1-3-4-12-26-23(28)19-14-22(18-10-11-20(24)21(25)13-18)27(16(19)2)15-17-8-6-5-7-9-17/h10-11,13-14,17H,3-9,12,15H2,1-2H3,(H,26,28). The largest absolute Gasteiger partial charge is 0.352 e. The summed E-state index contributed by atoms with van der Waals surface area (Å²) in [5.41, 5.74) is 3.83. The molecule has 3 nitrogen and oxygen atoms in total. The molecule has 1 aliphatic rings. The van der Waals surface area contributed by atoms with Crippen LogP contribution in [0.2, 0.25) is 10.0 Å². The Hall–Kier alpha value is -1.45. The van der Waals surface area contributed by atoms with Crippen molar-refractivity contribution in [3.8, 4) is 11.3 Å². The fourth-order valence-corrected chi connectivity index (χ4v) is 4.40. The van der Waals surface area contributed by atoms with Gasteiger partial charge in [-0.15, -0.1) is 0 Å². The average Bonchev–Trinajstić information content (AvgIpc) is 3.01. The molecule has 152 valence electrons. The number of nitrogens with one attached hydrogen (secondary N) is 1. The fraction of sp³-hybridized carbons (Fsp3) is 0.522. The first-order valence-corrected chi connectivity index (χ1v) is 11.2. The molecular formula is C23H30Cl2N2O. The quantitative estimate of drug-likeness (QED) is 0.486. The minimum absolute atomic E-state index is 0.00894. The minimum Gasteiger partial charge on any atom is -0.352 e. The smallest absolute Gasteiger partial charge is 0.253 e. The summed E-state index contributed by atoms with van der Waals surface area (Å²) < 4.78 is 2.31. The number of rotatable bonds is 7. The van der Waals surface area contributed by atoms with E-state index in [1.807, 2.05) is 24.3 Å². The van der Waals surface area contributed by atoms with Gasteiger partial charge in [-0.2, -0.15) is 0 Å². The van der Waals surface area contributed by atoms with Gasteiger partial charge in [-0.3, -0.25) is 4.79 Å². The van der Waals surface area contributed by atoms with E-state index in [1.165, 1.54) is 32.1 Å². The molecule has 1 heterocycles. The van der Waals surface area contributed by atoms with Crippen LogP contribution in [0.3, 0.4) is 0 Å². The van der Waals surface area contributed by atoms with Crippen LogP contribution in [0.15, 0.2) is 24.3 Å². The molecule has 1 aliphatic carbocycles. The summed E-state index contributed by atoms with van der Waals surface area (Å²) in [7, 11) is 0. The maximum absolute atomic E-state index is 12.8. The van der Waals surface area contributed by atoms with Crippen molar-refractivity contribution in [1.82, 2.24) is 9.88 Å². The molecule has 1 aromatic heterocycles. The van der Waals surface area contributed by atoms with E-state index in [4.69, 9.17) is 23.2 Å². The zero-order valence-electron chi connectivity index (χ0n) is 16.9. The lowest BCUT2D eigenvalue weighted by Crippen LogP contribution is -2.25. The second kappa shape index (κ2) is 9.84. The summed E-state index contributed by atoms with van der Waals surface area (Å²) in [6.45, 7) is 5.84. The van der Waals surface area contributed by atoms with E-state index in [1.54, 1.807) is 0 Å². The van der Waals surface area contributed by atoms with E-state index in [0.717, 1.165) is 41.9 Å². The van der Waals surface area contributed by atoms with E-state index < -0.39 is 0 Å². The Morgan fingerprint density at radius 3 is 2.57 bits per heavy atom. The maximum atomic E-state index is 12.8. The van der Waals surface area contributed by atoms with Crippen LogP contribution in [-0.2, 0) is 6.54 Å². The molecule has 28 heavy (non-hydrogen) atoms. The Kier molecular flexibility index (Phi) is 7.48. The first-order valence-electron chi connectivity index (χ1n) is 10.4. The number of hydrogen-bond acceptors (Lipinski definition) is 1. The Balaban J connectivity index is 1.96. The second-order valence-corrected chi connectivity index (χ2v) is 8.70. The van der Waals surface area contributed by atoms with Crippen molar-refractivity contribution in [3.63, 3.8) is 0 Å². The van der Waals surface area contributed by atoms with Crippen molar-refractivity contribution < 1.29 is 4.79 Å². The molecule has 0 bridgehead atoms. The molecule has 5 heteroatoms. The fourth-order valence-electron chi connectivity index (χ4n) is 4.11. The van der Waals surface area contributed by atoms with Crippen molar-refractivity contribution in [1.29, 1.82) is 0 Å². The number of unbranched alkanes of at least 4 members (excludes halogenated alkanes) is 1. The molecule has 1 N–H and O–H groups in total. The third kappa shape index (κ3) is 4.93. The first kappa shape index (κ1) is 21.3. The summed E-state index contributed by atoms with van der Waals surface area (Å²) in [5.74, 6) is 0.673. The molecule has 3 rings (SSSR count). The van der Waals surface area contributed by atoms with Gasteiger partial charge in [0.05, 0.1) is 15.6 Å². The van der Waals surface area contributed by atoms with E-state index in [9.17, 15) is 4.79 Å². The van der Waals surface area contributed by atoms with Crippen LogP contribution >= 0.6 is 23.2 Å². The van der Waals surface area contributed by atoms with Gasteiger partial charge in [-0.05, 0) is 55.9 Å². The number of carbonyl (C=O) groups is 1. The Labute approximate surface area is 178 Å². The van der Waals surface area contributed by atoms with Crippen LogP contribution in [0, 0.1) is 12.8 Å². The molecule has 0 aliphatic heterocycles. The average molecular weight is 421 g/mol. The summed E-state index contributed by atoms with van der Waals surface area (Å²) in [5, 5.41) is 4.14. The molecule has 0 spiro atoms. The molecule has 0 saturated heterocycles. The number of aromatic nitrogens is 1. The van der Waals surface area contributed by atoms with Gasteiger partial charge >= 0.3 is 0 Å². The second-order valence-electron chi connectivity index (χ2n) is 7.88. The third-order valence-corrected chi connectivity index (χ3v) is 6.55. The summed E-state index contributed by atoms with van der Waals surface area (Å²) in [6.07, 6.45) is 8.53. The predicted octanol–water partition coefficient (Wildman–Crippen LogP) is 6.88. The van der Waals surface area contributed by atoms with Gasteiger partial charge < -0.3 is 9.88 Å². The third-order valence-electron chi connectivity index (χ3n) is 5.81. The van der Waals surface area contributed by atoms with Gasteiger partial charge in [-0.25, -0.2) is 0 Å². The Bertz CT molecular complexity index is 822. The predicted molar refractivity (Wildman–Crippen MR) is 118 cm³/mol. The van der Waals surface area contributed by atoms with E-state index in [-0.39, 0.29) is 5.91 Å². The normalized spacial score (nSPS) is 15.0. The van der Waals surface area contributed by atoms with E-state index in [0.29, 0.717) is 22.5 Å². The number of hydrogen-bond donors (Lipinski definition) is 1.